The Balaban J connectivity index is 1.28. The van der Waals surface area contributed by atoms with Crippen LogP contribution in [0.25, 0.3) is 0 Å². The second-order valence-electron chi connectivity index (χ2n) is 9.18. The molecular formula is C21H21F4N3O6. The summed E-state index contributed by atoms with van der Waals surface area (Å²) in [6.07, 6.45) is -5.37. The first kappa shape index (κ1) is 23.9. The Morgan fingerprint density at radius 2 is 1.91 bits per heavy atom. The van der Waals surface area contributed by atoms with Crippen molar-refractivity contribution in [2.24, 2.45) is 5.41 Å². The molecule has 0 radical (unpaired) electrons. The van der Waals surface area contributed by atoms with Crippen molar-refractivity contribution >= 4 is 35.1 Å². The van der Waals surface area contributed by atoms with Crippen LogP contribution in [-0.4, -0.2) is 59.8 Å². The van der Waals surface area contributed by atoms with Gasteiger partial charge in [0.15, 0.2) is 0 Å². The second-order valence-corrected chi connectivity index (χ2v) is 9.18. The van der Waals surface area contributed by atoms with Crippen LogP contribution in [0.4, 0.5) is 28.9 Å². The summed E-state index contributed by atoms with van der Waals surface area (Å²) in [7, 11) is 0. The number of rotatable bonds is 5. The Kier molecular flexibility index (Phi) is 5.78. The van der Waals surface area contributed by atoms with Crippen LogP contribution in [0.2, 0.25) is 0 Å². The molecule has 3 aliphatic rings. The third-order valence-electron chi connectivity index (χ3n) is 6.24. The van der Waals surface area contributed by atoms with Crippen LogP contribution in [0, 0.1) is 11.2 Å². The average molecular weight is 487 g/mol. The molecule has 3 fully saturated rings. The van der Waals surface area contributed by atoms with Crippen molar-refractivity contribution in [3.05, 3.63) is 24.0 Å². The zero-order chi connectivity index (χ0) is 24.9. The molecule has 1 saturated carbocycles. The Labute approximate surface area is 190 Å². The maximum Gasteiger partial charge on any atom is 0.491 e. The molecule has 0 aromatic heterocycles. The molecule has 2 amide bonds. The van der Waals surface area contributed by atoms with Crippen LogP contribution in [0.5, 0.6) is 0 Å². The first-order valence-corrected chi connectivity index (χ1v) is 10.5. The van der Waals surface area contributed by atoms with Crippen molar-refractivity contribution in [1.29, 1.82) is 0 Å². The third kappa shape index (κ3) is 4.83. The number of nitrogens with zero attached hydrogens (tertiary/aromatic N) is 1. The molecule has 1 spiro atoms. The highest BCUT2D eigenvalue weighted by Gasteiger charge is 2.60. The lowest BCUT2D eigenvalue weighted by atomic mass is 9.54. The number of carbonyl (C=O) groups excluding carboxylic acids is 4. The SMILES string of the molecule is O=C1CCC(Nc2ccc(N3CC4(C3)CC(O)(CC(=O)OC(=O)C(F)(F)F)C4)c(F)c2)C(=O)N1. The van der Waals surface area contributed by atoms with Gasteiger partial charge < -0.3 is 20.1 Å². The molecule has 1 unspecified atom stereocenters. The lowest BCUT2D eigenvalue weighted by molar-refractivity contribution is -0.206. The fourth-order valence-electron chi connectivity index (χ4n) is 4.98. The van der Waals surface area contributed by atoms with Gasteiger partial charge in [0.2, 0.25) is 11.8 Å². The largest absolute Gasteiger partial charge is 0.491 e. The summed E-state index contributed by atoms with van der Waals surface area (Å²) < 4.78 is 54.9. The monoisotopic (exact) mass is 487 g/mol. The van der Waals surface area contributed by atoms with Gasteiger partial charge in [-0.3, -0.25) is 19.7 Å². The van der Waals surface area contributed by atoms with E-state index >= 15 is 0 Å². The lowest BCUT2D eigenvalue weighted by Gasteiger charge is -2.62. The van der Waals surface area contributed by atoms with Gasteiger partial charge >= 0.3 is 18.1 Å². The van der Waals surface area contributed by atoms with Crippen LogP contribution in [0.15, 0.2) is 18.2 Å². The van der Waals surface area contributed by atoms with Gasteiger partial charge in [-0.2, -0.15) is 13.2 Å². The van der Waals surface area contributed by atoms with E-state index in [-0.39, 0.29) is 25.2 Å². The molecule has 13 heteroatoms. The standard InChI is InChI=1S/C21H21F4N3O6/c22-12-5-11(26-13-2-4-15(29)27-17(13)31)1-3-14(12)28-9-19(10-28)7-20(33,8-19)6-16(30)34-18(32)21(23,24)25/h1,3,5,13,26,33H,2,4,6-10H2,(H,27,29,31). The zero-order valence-electron chi connectivity index (χ0n) is 17.7. The lowest BCUT2D eigenvalue weighted by Crippen LogP contribution is -2.68. The molecule has 2 heterocycles. The molecule has 4 rings (SSSR count). The van der Waals surface area contributed by atoms with Gasteiger partial charge in [-0.1, -0.05) is 0 Å². The predicted molar refractivity (Wildman–Crippen MR) is 107 cm³/mol. The molecule has 0 bridgehead atoms. The van der Waals surface area contributed by atoms with E-state index in [0.717, 1.165) is 0 Å². The van der Waals surface area contributed by atoms with Crippen molar-refractivity contribution in [3.63, 3.8) is 0 Å². The first-order valence-electron chi connectivity index (χ1n) is 10.5. The van der Waals surface area contributed by atoms with Crippen LogP contribution in [0.1, 0.15) is 32.1 Å². The number of amides is 2. The van der Waals surface area contributed by atoms with E-state index < -0.39 is 53.3 Å². The van der Waals surface area contributed by atoms with Crippen molar-refractivity contribution in [2.75, 3.05) is 23.3 Å². The highest BCUT2D eigenvalue weighted by Crippen LogP contribution is 2.56. The van der Waals surface area contributed by atoms with Crippen LogP contribution in [0.3, 0.4) is 0 Å². The van der Waals surface area contributed by atoms with Crippen molar-refractivity contribution in [1.82, 2.24) is 5.32 Å². The number of alkyl halides is 3. The van der Waals surface area contributed by atoms with E-state index in [9.17, 15) is 41.8 Å². The van der Waals surface area contributed by atoms with E-state index in [1.807, 2.05) is 0 Å². The molecule has 184 valence electrons. The second kappa shape index (κ2) is 8.22. The van der Waals surface area contributed by atoms with E-state index in [1.54, 1.807) is 11.0 Å². The number of anilines is 2. The minimum Gasteiger partial charge on any atom is -0.389 e. The van der Waals surface area contributed by atoms with E-state index in [2.05, 4.69) is 15.4 Å². The maximum atomic E-state index is 14.7. The van der Waals surface area contributed by atoms with Gasteiger partial charge in [0.05, 0.1) is 17.7 Å². The zero-order valence-corrected chi connectivity index (χ0v) is 17.7. The maximum absolute atomic E-state index is 14.7. The molecule has 2 saturated heterocycles. The van der Waals surface area contributed by atoms with Crippen molar-refractivity contribution < 1.29 is 46.6 Å². The number of halogens is 4. The molecule has 1 atom stereocenters. The number of esters is 2. The minimum absolute atomic E-state index is 0.0998. The number of carbonyl (C=O) groups is 4. The summed E-state index contributed by atoms with van der Waals surface area (Å²) >= 11 is 0. The van der Waals surface area contributed by atoms with Crippen molar-refractivity contribution in [2.45, 2.75) is 49.9 Å². The number of piperidine rings is 1. The molecule has 1 aliphatic carbocycles. The summed E-state index contributed by atoms with van der Waals surface area (Å²) in [5, 5.41) is 15.5. The molecule has 1 aromatic carbocycles. The molecule has 1 aromatic rings. The first-order chi connectivity index (χ1) is 15.8. The van der Waals surface area contributed by atoms with Gasteiger partial charge in [0.1, 0.15) is 11.9 Å². The molecule has 9 nitrogen and oxygen atoms in total. The Morgan fingerprint density at radius 1 is 1.24 bits per heavy atom. The molecule has 34 heavy (non-hydrogen) atoms. The van der Waals surface area contributed by atoms with E-state index in [0.29, 0.717) is 30.9 Å². The normalized spacial score (nSPS) is 23.0. The number of hydrogen-bond acceptors (Lipinski definition) is 8. The predicted octanol–water partition coefficient (Wildman–Crippen LogP) is 1.40. The minimum atomic E-state index is -5.30. The highest BCUT2D eigenvalue weighted by atomic mass is 19.4. The Hall–Kier alpha value is -3.22. The third-order valence-corrected chi connectivity index (χ3v) is 6.24. The average Bonchev–Trinajstić information content (AvgIpc) is 2.66. The number of nitrogens with one attached hydrogen (secondary N) is 2. The van der Waals surface area contributed by atoms with E-state index in [1.165, 1.54) is 12.1 Å². The van der Waals surface area contributed by atoms with Gasteiger partial charge in [-0.05, 0) is 37.5 Å². The topological polar surface area (TPSA) is 125 Å². The van der Waals surface area contributed by atoms with Gasteiger partial charge in [-0.15, -0.1) is 0 Å². The fraction of sp³-hybridized carbons (Fsp3) is 0.524. The van der Waals surface area contributed by atoms with Gasteiger partial charge in [0, 0.05) is 30.6 Å². The summed E-state index contributed by atoms with van der Waals surface area (Å²) in [5.74, 6) is -5.46. The summed E-state index contributed by atoms with van der Waals surface area (Å²) in [5.41, 5.74) is -1.33. The van der Waals surface area contributed by atoms with Crippen molar-refractivity contribution in [3.8, 4) is 0 Å². The van der Waals surface area contributed by atoms with Gasteiger partial charge in [-0.25, -0.2) is 9.18 Å². The highest BCUT2D eigenvalue weighted by molar-refractivity contribution is 6.01. The summed E-state index contributed by atoms with van der Waals surface area (Å²) in [6, 6.07) is 3.70. The summed E-state index contributed by atoms with van der Waals surface area (Å²) in [6.45, 7) is 0.728. The number of hydrogen-bond donors (Lipinski definition) is 3. The van der Waals surface area contributed by atoms with Crippen LogP contribution >= 0.6 is 0 Å². The van der Waals surface area contributed by atoms with E-state index in [4.69, 9.17) is 0 Å². The number of ether oxygens (including phenoxy) is 1. The van der Waals surface area contributed by atoms with Gasteiger partial charge in [0.25, 0.3) is 0 Å². The fourth-order valence-corrected chi connectivity index (χ4v) is 4.98. The smallest absolute Gasteiger partial charge is 0.389 e. The Morgan fingerprint density at radius 3 is 2.50 bits per heavy atom. The number of imide groups is 1. The molecule has 3 N–H and O–H groups in total. The van der Waals surface area contributed by atoms with Crippen LogP contribution < -0.4 is 15.5 Å². The van der Waals surface area contributed by atoms with Crippen LogP contribution in [-0.2, 0) is 23.9 Å². The molecular weight excluding hydrogens is 466 g/mol. The quantitative estimate of drug-likeness (QED) is 0.246. The Bertz CT molecular complexity index is 1050. The number of aliphatic hydroxyl groups is 1. The summed E-state index contributed by atoms with van der Waals surface area (Å²) in [4.78, 5) is 47.1. The number of benzene rings is 1. The molecule has 2 aliphatic heterocycles.